The van der Waals surface area contributed by atoms with Gasteiger partial charge < -0.3 is 4.74 Å². The summed E-state index contributed by atoms with van der Waals surface area (Å²) in [5, 5.41) is 1.62. The number of sulfone groups is 1. The smallest absolute Gasteiger partial charge is 0.266 e. The number of halogens is 1. The zero-order valence-corrected chi connectivity index (χ0v) is 18.3. The molecule has 1 heterocycles. The second-order valence-electron chi connectivity index (χ2n) is 6.38. The minimum atomic E-state index is -3.15. The minimum Gasteiger partial charge on any atom is -0.384 e. The fourth-order valence-corrected chi connectivity index (χ4v) is 5.25. The van der Waals surface area contributed by atoms with Crippen LogP contribution in [-0.2, 0) is 14.6 Å². The monoisotopic (exact) mass is 452 g/mol. The lowest BCUT2D eigenvalue weighted by Crippen LogP contribution is -2.22. The first-order valence-electron chi connectivity index (χ1n) is 9.01. The predicted octanol–water partition coefficient (Wildman–Crippen LogP) is 3.58. The van der Waals surface area contributed by atoms with Crippen LogP contribution in [0.25, 0.3) is 16.6 Å². The van der Waals surface area contributed by atoms with Crippen LogP contribution in [0, 0.1) is 0 Å². The topological polar surface area (TPSA) is 78.3 Å². The maximum absolute atomic E-state index is 13.1. The summed E-state index contributed by atoms with van der Waals surface area (Å²) >= 11 is 7.34. The SMILES string of the molecule is COCCS(=O)(=O)CCCSc1nc2ccccc2c(=O)n1-c1ccc(Cl)cc1. The Bertz CT molecular complexity index is 1150. The Morgan fingerprint density at radius 1 is 1.10 bits per heavy atom. The van der Waals surface area contributed by atoms with Gasteiger partial charge in [-0.3, -0.25) is 9.36 Å². The number of fused-ring (bicyclic) bond motifs is 1. The molecule has 6 nitrogen and oxygen atoms in total. The lowest BCUT2D eigenvalue weighted by molar-refractivity contribution is 0.217. The molecule has 0 aliphatic heterocycles. The van der Waals surface area contributed by atoms with Gasteiger partial charge in [0.25, 0.3) is 5.56 Å². The van der Waals surface area contributed by atoms with Crippen molar-refractivity contribution in [2.45, 2.75) is 11.6 Å². The van der Waals surface area contributed by atoms with Crippen LogP contribution in [-0.4, -0.2) is 48.9 Å². The highest BCUT2D eigenvalue weighted by Gasteiger charge is 2.15. The van der Waals surface area contributed by atoms with Crippen LogP contribution in [0.3, 0.4) is 0 Å². The number of thioether (sulfide) groups is 1. The van der Waals surface area contributed by atoms with Crippen molar-refractivity contribution in [2.24, 2.45) is 0 Å². The fraction of sp³-hybridized carbons (Fsp3) is 0.300. The molecule has 0 N–H and O–H groups in total. The normalized spacial score (nSPS) is 11.8. The number of para-hydroxylation sites is 1. The molecule has 0 unspecified atom stereocenters. The summed E-state index contributed by atoms with van der Waals surface area (Å²) < 4.78 is 30.3. The number of methoxy groups -OCH3 is 1. The molecule has 2 aromatic carbocycles. The largest absolute Gasteiger partial charge is 0.384 e. The van der Waals surface area contributed by atoms with Gasteiger partial charge in [0.1, 0.15) is 0 Å². The van der Waals surface area contributed by atoms with E-state index in [-0.39, 0.29) is 23.7 Å². The summed E-state index contributed by atoms with van der Waals surface area (Å²) in [4.78, 5) is 17.8. The predicted molar refractivity (Wildman–Crippen MR) is 118 cm³/mol. The van der Waals surface area contributed by atoms with E-state index in [9.17, 15) is 13.2 Å². The van der Waals surface area contributed by atoms with Crippen LogP contribution in [0.2, 0.25) is 5.02 Å². The maximum Gasteiger partial charge on any atom is 0.266 e. The molecule has 0 saturated carbocycles. The quantitative estimate of drug-likeness (QED) is 0.280. The number of benzene rings is 2. The number of hydrogen-bond donors (Lipinski definition) is 0. The van der Waals surface area contributed by atoms with E-state index in [2.05, 4.69) is 4.98 Å². The zero-order valence-electron chi connectivity index (χ0n) is 15.9. The molecule has 29 heavy (non-hydrogen) atoms. The van der Waals surface area contributed by atoms with Gasteiger partial charge in [-0.15, -0.1) is 0 Å². The molecule has 3 rings (SSSR count). The average molecular weight is 453 g/mol. The molecule has 0 aliphatic carbocycles. The van der Waals surface area contributed by atoms with E-state index in [1.165, 1.54) is 18.9 Å². The van der Waals surface area contributed by atoms with Crippen molar-refractivity contribution in [3.8, 4) is 5.69 Å². The van der Waals surface area contributed by atoms with Gasteiger partial charge in [0.05, 0.1) is 34.7 Å². The van der Waals surface area contributed by atoms with Crippen molar-refractivity contribution in [3.63, 3.8) is 0 Å². The van der Waals surface area contributed by atoms with Crippen molar-refractivity contribution in [2.75, 3.05) is 31.0 Å². The first-order valence-corrected chi connectivity index (χ1v) is 12.2. The highest BCUT2D eigenvalue weighted by atomic mass is 35.5. The van der Waals surface area contributed by atoms with Crippen LogP contribution in [0.4, 0.5) is 0 Å². The molecule has 0 amide bonds. The summed E-state index contributed by atoms with van der Waals surface area (Å²) in [5.74, 6) is 0.602. The van der Waals surface area contributed by atoms with Crippen LogP contribution < -0.4 is 5.56 Å². The summed E-state index contributed by atoms with van der Waals surface area (Å²) in [6.07, 6.45) is 0.458. The van der Waals surface area contributed by atoms with Gasteiger partial charge in [0, 0.05) is 17.9 Å². The molecule has 0 saturated heterocycles. The third-order valence-electron chi connectivity index (χ3n) is 4.26. The standard InChI is InChI=1S/C20H21ClN2O4S2/c1-27-11-14-29(25,26)13-4-12-28-20-22-18-6-3-2-5-17(18)19(24)23(20)16-9-7-15(21)8-10-16/h2-3,5-10H,4,11-14H2,1H3. The van der Waals surface area contributed by atoms with Crippen LogP contribution in [0.15, 0.2) is 58.5 Å². The molecule has 0 radical (unpaired) electrons. The fourth-order valence-electron chi connectivity index (χ4n) is 2.78. The second kappa shape index (κ2) is 9.75. The van der Waals surface area contributed by atoms with Crippen LogP contribution in [0.1, 0.15) is 6.42 Å². The first kappa shape index (κ1) is 21.8. The number of rotatable bonds is 9. The molecule has 0 atom stereocenters. The molecule has 0 spiro atoms. The molecular formula is C20H21ClN2O4S2. The van der Waals surface area contributed by atoms with E-state index in [0.29, 0.717) is 38.9 Å². The Labute approximate surface area is 178 Å². The third kappa shape index (κ3) is 5.60. The number of nitrogens with zero attached hydrogens (tertiary/aromatic N) is 2. The van der Waals surface area contributed by atoms with Crippen molar-refractivity contribution >= 4 is 44.1 Å². The lowest BCUT2D eigenvalue weighted by Gasteiger charge is -2.13. The Balaban J connectivity index is 1.87. The molecule has 3 aromatic rings. The summed E-state index contributed by atoms with van der Waals surface area (Å²) in [6, 6.07) is 14.1. The molecule has 154 valence electrons. The molecule has 1 aromatic heterocycles. The average Bonchev–Trinajstić information content (AvgIpc) is 2.71. The Morgan fingerprint density at radius 2 is 1.83 bits per heavy atom. The van der Waals surface area contributed by atoms with Crippen molar-refractivity contribution in [3.05, 3.63) is 63.9 Å². The molecule has 9 heteroatoms. The summed E-state index contributed by atoms with van der Waals surface area (Å²) in [7, 11) is -1.67. The maximum atomic E-state index is 13.1. The number of ether oxygens (including phenoxy) is 1. The molecule has 0 bridgehead atoms. The van der Waals surface area contributed by atoms with E-state index >= 15 is 0 Å². The van der Waals surface area contributed by atoms with Crippen molar-refractivity contribution < 1.29 is 13.2 Å². The third-order valence-corrected chi connectivity index (χ3v) is 7.24. The highest BCUT2D eigenvalue weighted by molar-refractivity contribution is 7.99. The zero-order chi connectivity index (χ0) is 20.9. The Morgan fingerprint density at radius 3 is 2.55 bits per heavy atom. The van der Waals surface area contributed by atoms with Crippen LogP contribution >= 0.6 is 23.4 Å². The van der Waals surface area contributed by atoms with E-state index in [0.717, 1.165) is 0 Å². The van der Waals surface area contributed by atoms with Crippen molar-refractivity contribution in [1.82, 2.24) is 9.55 Å². The van der Waals surface area contributed by atoms with E-state index in [1.54, 1.807) is 47.0 Å². The number of aromatic nitrogens is 2. The summed E-state index contributed by atoms with van der Waals surface area (Å²) in [5.41, 5.74) is 1.10. The second-order valence-corrected chi connectivity index (χ2v) is 10.2. The Kier molecular flexibility index (Phi) is 7.34. The van der Waals surface area contributed by atoms with E-state index in [4.69, 9.17) is 16.3 Å². The van der Waals surface area contributed by atoms with Gasteiger partial charge in [-0.05, 0) is 42.8 Å². The summed E-state index contributed by atoms with van der Waals surface area (Å²) in [6.45, 7) is 0.192. The minimum absolute atomic E-state index is 0.0118. The van der Waals surface area contributed by atoms with Gasteiger partial charge >= 0.3 is 0 Å². The van der Waals surface area contributed by atoms with Gasteiger partial charge in [-0.1, -0.05) is 35.5 Å². The molecule has 0 aliphatic rings. The van der Waals surface area contributed by atoms with E-state index in [1.807, 2.05) is 6.07 Å². The van der Waals surface area contributed by atoms with Gasteiger partial charge in [-0.2, -0.15) is 0 Å². The van der Waals surface area contributed by atoms with Gasteiger partial charge in [-0.25, -0.2) is 13.4 Å². The van der Waals surface area contributed by atoms with Crippen molar-refractivity contribution in [1.29, 1.82) is 0 Å². The van der Waals surface area contributed by atoms with E-state index < -0.39 is 9.84 Å². The molecular weight excluding hydrogens is 432 g/mol. The number of hydrogen-bond acceptors (Lipinski definition) is 6. The van der Waals surface area contributed by atoms with Crippen LogP contribution in [0.5, 0.6) is 0 Å². The van der Waals surface area contributed by atoms with Gasteiger partial charge in [0.2, 0.25) is 0 Å². The highest BCUT2D eigenvalue weighted by Crippen LogP contribution is 2.23. The lowest BCUT2D eigenvalue weighted by atomic mass is 10.2. The Hall–Kier alpha value is -1.87. The first-order chi connectivity index (χ1) is 13.9. The molecule has 0 fully saturated rings. The van der Waals surface area contributed by atoms with Gasteiger partial charge in [0.15, 0.2) is 15.0 Å².